The van der Waals surface area contributed by atoms with Gasteiger partial charge in [0.2, 0.25) is 0 Å². The number of imidazole rings is 1. The highest BCUT2D eigenvalue weighted by atomic mass is 15.4. The summed E-state index contributed by atoms with van der Waals surface area (Å²) in [6, 6.07) is 7.97. The standard InChI is InChI=1S/C12H14N6/c1-13-6-9-7-18(17-16-9)8-12-14-10-4-2-3-5-11(10)15-12/h2-5,7,13H,6,8H2,1H3,(H,14,15). The molecule has 3 rings (SSSR count). The Balaban J connectivity index is 1.82. The molecule has 1 aromatic carbocycles. The first-order valence-corrected chi connectivity index (χ1v) is 5.82. The van der Waals surface area contributed by atoms with Gasteiger partial charge in [-0.05, 0) is 19.2 Å². The molecule has 0 radical (unpaired) electrons. The fourth-order valence-electron chi connectivity index (χ4n) is 1.91. The molecule has 2 heterocycles. The van der Waals surface area contributed by atoms with Crippen molar-refractivity contribution >= 4 is 11.0 Å². The van der Waals surface area contributed by atoms with Gasteiger partial charge in [-0.15, -0.1) is 5.10 Å². The second-order valence-electron chi connectivity index (χ2n) is 4.14. The molecular formula is C12H14N6. The van der Waals surface area contributed by atoms with Crippen LogP contribution in [0.5, 0.6) is 0 Å². The van der Waals surface area contributed by atoms with Crippen LogP contribution in [0.15, 0.2) is 30.5 Å². The molecule has 0 unspecified atom stereocenters. The zero-order valence-electron chi connectivity index (χ0n) is 10.1. The Hall–Kier alpha value is -2.21. The molecule has 0 saturated carbocycles. The van der Waals surface area contributed by atoms with Crippen molar-refractivity contribution in [2.24, 2.45) is 0 Å². The van der Waals surface area contributed by atoms with E-state index in [0.717, 1.165) is 29.1 Å². The molecule has 2 aromatic heterocycles. The maximum Gasteiger partial charge on any atom is 0.129 e. The van der Waals surface area contributed by atoms with Crippen LogP contribution in [-0.2, 0) is 13.1 Å². The van der Waals surface area contributed by atoms with Crippen molar-refractivity contribution in [2.75, 3.05) is 7.05 Å². The summed E-state index contributed by atoms with van der Waals surface area (Å²) in [5.41, 5.74) is 2.94. The molecule has 0 aliphatic carbocycles. The predicted molar refractivity (Wildman–Crippen MR) is 68.0 cm³/mol. The van der Waals surface area contributed by atoms with Crippen molar-refractivity contribution in [1.82, 2.24) is 30.3 Å². The quantitative estimate of drug-likeness (QED) is 0.713. The topological polar surface area (TPSA) is 71.4 Å². The maximum absolute atomic E-state index is 4.50. The Morgan fingerprint density at radius 2 is 2.22 bits per heavy atom. The molecule has 0 bridgehead atoms. The van der Waals surface area contributed by atoms with Gasteiger partial charge in [0.1, 0.15) is 12.4 Å². The Labute approximate surface area is 104 Å². The highest BCUT2D eigenvalue weighted by Gasteiger charge is 2.04. The lowest BCUT2D eigenvalue weighted by atomic mass is 10.3. The minimum atomic E-state index is 0.603. The van der Waals surface area contributed by atoms with Gasteiger partial charge in [0.25, 0.3) is 0 Å². The minimum absolute atomic E-state index is 0.603. The lowest BCUT2D eigenvalue weighted by Crippen LogP contribution is -2.05. The summed E-state index contributed by atoms with van der Waals surface area (Å²) in [7, 11) is 1.89. The van der Waals surface area contributed by atoms with Crippen molar-refractivity contribution in [3.63, 3.8) is 0 Å². The summed E-state index contributed by atoms with van der Waals surface area (Å²) in [6.07, 6.45) is 1.92. The summed E-state index contributed by atoms with van der Waals surface area (Å²) < 4.78 is 1.78. The number of hydrogen-bond donors (Lipinski definition) is 2. The Morgan fingerprint density at radius 1 is 1.33 bits per heavy atom. The van der Waals surface area contributed by atoms with Gasteiger partial charge in [-0.3, -0.25) is 0 Å². The number of H-pyrrole nitrogens is 1. The number of nitrogens with one attached hydrogen (secondary N) is 2. The molecule has 6 heteroatoms. The Morgan fingerprint density at radius 3 is 3.06 bits per heavy atom. The molecule has 0 atom stereocenters. The number of benzene rings is 1. The fourth-order valence-corrected chi connectivity index (χ4v) is 1.91. The van der Waals surface area contributed by atoms with Crippen LogP contribution in [-0.4, -0.2) is 32.0 Å². The van der Waals surface area contributed by atoms with E-state index in [1.807, 2.05) is 37.5 Å². The normalized spacial score (nSPS) is 11.2. The Kier molecular flexibility index (Phi) is 2.77. The smallest absolute Gasteiger partial charge is 0.129 e. The molecule has 0 aliphatic rings. The van der Waals surface area contributed by atoms with E-state index in [0.29, 0.717) is 6.54 Å². The summed E-state index contributed by atoms with van der Waals surface area (Å²) in [5, 5.41) is 11.2. The number of rotatable bonds is 4. The molecular weight excluding hydrogens is 228 g/mol. The first-order valence-electron chi connectivity index (χ1n) is 5.82. The molecule has 0 saturated heterocycles. The van der Waals surface area contributed by atoms with Crippen LogP contribution < -0.4 is 5.32 Å². The molecule has 0 amide bonds. The first kappa shape index (κ1) is 10.9. The molecule has 2 N–H and O–H groups in total. The molecule has 6 nitrogen and oxygen atoms in total. The highest BCUT2D eigenvalue weighted by molar-refractivity contribution is 5.74. The lowest BCUT2D eigenvalue weighted by molar-refractivity contribution is 0.630. The summed E-state index contributed by atoms with van der Waals surface area (Å²) in [4.78, 5) is 7.77. The monoisotopic (exact) mass is 242 g/mol. The maximum atomic E-state index is 4.50. The lowest BCUT2D eigenvalue weighted by Gasteiger charge is -1.95. The van der Waals surface area contributed by atoms with Crippen molar-refractivity contribution in [2.45, 2.75) is 13.1 Å². The van der Waals surface area contributed by atoms with E-state index >= 15 is 0 Å². The third-order valence-corrected chi connectivity index (χ3v) is 2.69. The number of aromatic amines is 1. The molecule has 92 valence electrons. The van der Waals surface area contributed by atoms with Gasteiger partial charge in [-0.25, -0.2) is 9.67 Å². The average Bonchev–Trinajstić information content (AvgIpc) is 2.96. The zero-order valence-corrected chi connectivity index (χ0v) is 10.1. The largest absolute Gasteiger partial charge is 0.340 e. The number of para-hydroxylation sites is 2. The molecule has 0 aliphatic heterocycles. The van der Waals surface area contributed by atoms with Crippen LogP contribution >= 0.6 is 0 Å². The van der Waals surface area contributed by atoms with Gasteiger partial charge < -0.3 is 10.3 Å². The number of hydrogen-bond acceptors (Lipinski definition) is 4. The van der Waals surface area contributed by atoms with E-state index in [4.69, 9.17) is 0 Å². The third-order valence-electron chi connectivity index (χ3n) is 2.69. The summed E-state index contributed by atoms with van der Waals surface area (Å²) in [6.45, 7) is 1.32. The van der Waals surface area contributed by atoms with E-state index in [-0.39, 0.29) is 0 Å². The summed E-state index contributed by atoms with van der Waals surface area (Å²) in [5.74, 6) is 0.886. The van der Waals surface area contributed by atoms with Crippen molar-refractivity contribution < 1.29 is 0 Å². The Bertz CT molecular complexity index is 620. The van der Waals surface area contributed by atoms with Crippen molar-refractivity contribution in [1.29, 1.82) is 0 Å². The van der Waals surface area contributed by atoms with E-state index in [1.165, 1.54) is 0 Å². The number of nitrogens with zero attached hydrogens (tertiary/aromatic N) is 4. The van der Waals surface area contributed by atoms with E-state index in [1.54, 1.807) is 4.68 Å². The van der Waals surface area contributed by atoms with Gasteiger partial charge in [0.15, 0.2) is 0 Å². The molecule has 0 fully saturated rings. The van der Waals surface area contributed by atoms with Gasteiger partial charge in [-0.2, -0.15) is 0 Å². The fraction of sp³-hybridized carbons (Fsp3) is 0.250. The molecule has 3 aromatic rings. The van der Waals surface area contributed by atoms with Crippen LogP contribution in [0.1, 0.15) is 11.5 Å². The summed E-state index contributed by atoms with van der Waals surface area (Å²) >= 11 is 0. The van der Waals surface area contributed by atoms with Crippen LogP contribution in [0.4, 0.5) is 0 Å². The van der Waals surface area contributed by atoms with Gasteiger partial charge in [0, 0.05) is 6.54 Å². The van der Waals surface area contributed by atoms with Gasteiger partial charge >= 0.3 is 0 Å². The van der Waals surface area contributed by atoms with E-state index in [9.17, 15) is 0 Å². The second kappa shape index (κ2) is 4.58. The van der Waals surface area contributed by atoms with Crippen molar-refractivity contribution in [3.05, 3.63) is 42.0 Å². The predicted octanol–water partition coefficient (Wildman–Crippen LogP) is 0.922. The SMILES string of the molecule is CNCc1cn(Cc2nc3ccccc3[nH]2)nn1. The van der Waals surface area contributed by atoms with E-state index in [2.05, 4.69) is 25.6 Å². The van der Waals surface area contributed by atoms with Crippen LogP contribution in [0.25, 0.3) is 11.0 Å². The third kappa shape index (κ3) is 2.10. The number of aromatic nitrogens is 5. The first-order chi connectivity index (χ1) is 8.85. The highest BCUT2D eigenvalue weighted by Crippen LogP contribution is 2.10. The van der Waals surface area contributed by atoms with Gasteiger partial charge in [0.05, 0.1) is 22.9 Å². The van der Waals surface area contributed by atoms with E-state index < -0.39 is 0 Å². The minimum Gasteiger partial charge on any atom is -0.340 e. The van der Waals surface area contributed by atoms with Gasteiger partial charge in [-0.1, -0.05) is 17.3 Å². The number of fused-ring (bicyclic) bond motifs is 1. The van der Waals surface area contributed by atoms with Crippen LogP contribution in [0.3, 0.4) is 0 Å². The second-order valence-corrected chi connectivity index (χ2v) is 4.14. The van der Waals surface area contributed by atoms with Crippen LogP contribution in [0, 0.1) is 0 Å². The van der Waals surface area contributed by atoms with Crippen LogP contribution in [0.2, 0.25) is 0 Å². The molecule has 0 spiro atoms. The molecule has 18 heavy (non-hydrogen) atoms. The average molecular weight is 242 g/mol. The zero-order chi connectivity index (χ0) is 12.4. The van der Waals surface area contributed by atoms with Crippen molar-refractivity contribution in [3.8, 4) is 0 Å².